The van der Waals surface area contributed by atoms with Gasteiger partial charge in [0, 0.05) is 12.7 Å². The van der Waals surface area contributed by atoms with Crippen LogP contribution in [0.2, 0.25) is 0 Å². The first-order valence-corrected chi connectivity index (χ1v) is 6.94. The predicted molar refractivity (Wildman–Crippen MR) is 71.0 cm³/mol. The number of rotatable bonds is 5. The van der Waals surface area contributed by atoms with Gasteiger partial charge in [0.25, 0.3) is 0 Å². The van der Waals surface area contributed by atoms with Gasteiger partial charge in [-0.15, -0.1) is 0 Å². The second-order valence-electron chi connectivity index (χ2n) is 5.61. The molecule has 1 fully saturated rings. The smallest absolute Gasteiger partial charge is 0.0534 e. The summed E-state index contributed by atoms with van der Waals surface area (Å²) in [6, 6.07) is 0. The molecule has 0 atom stereocenters. The summed E-state index contributed by atoms with van der Waals surface area (Å²) in [5.74, 6) is 1.86. The first kappa shape index (κ1) is 12.6. The van der Waals surface area contributed by atoms with Crippen molar-refractivity contribution < 1.29 is 0 Å². The lowest BCUT2D eigenvalue weighted by Crippen LogP contribution is -2.28. The summed E-state index contributed by atoms with van der Waals surface area (Å²) >= 11 is 0. The molecule has 1 N–H and O–H groups in total. The molecule has 2 rings (SSSR count). The molecule has 3 heteroatoms. The van der Waals surface area contributed by atoms with E-state index in [1.807, 2.05) is 10.9 Å². The fourth-order valence-electron chi connectivity index (χ4n) is 2.62. The minimum atomic E-state index is 0.908. The predicted octanol–water partition coefficient (Wildman–Crippen LogP) is 2.61. The maximum atomic E-state index is 4.29. The standard InChI is InChI=1S/C14H25N3/c1-12-3-5-14(6-4-12)10-15-7-8-17-11-13(2)9-16-17/h9,11-12,14-15H,3-8,10H2,1-2H3. The largest absolute Gasteiger partial charge is 0.315 e. The molecule has 0 aromatic carbocycles. The van der Waals surface area contributed by atoms with E-state index in [1.54, 1.807) is 0 Å². The highest BCUT2D eigenvalue weighted by Gasteiger charge is 2.17. The Morgan fingerprint density at radius 3 is 2.76 bits per heavy atom. The molecule has 96 valence electrons. The third-order valence-electron chi connectivity index (χ3n) is 3.85. The van der Waals surface area contributed by atoms with Gasteiger partial charge in [-0.05, 0) is 43.7 Å². The van der Waals surface area contributed by atoms with Crippen molar-refractivity contribution in [2.24, 2.45) is 11.8 Å². The lowest BCUT2D eigenvalue weighted by molar-refractivity contribution is 0.281. The van der Waals surface area contributed by atoms with Gasteiger partial charge >= 0.3 is 0 Å². The maximum Gasteiger partial charge on any atom is 0.0534 e. The number of hydrogen-bond donors (Lipinski definition) is 1. The van der Waals surface area contributed by atoms with E-state index in [0.29, 0.717) is 0 Å². The molecule has 0 amide bonds. The summed E-state index contributed by atoms with van der Waals surface area (Å²) in [6.07, 6.45) is 9.69. The van der Waals surface area contributed by atoms with Gasteiger partial charge in [-0.25, -0.2) is 0 Å². The van der Waals surface area contributed by atoms with Crippen LogP contribution in [0.3, 0.4) is 0 Å². The van der Waals surface area contributed by atoms with Crippen LogP contribution in [0.25, 0.3) is 0 Å². The molecule has 0 unspecified atom stereocenters. The minimum Gasteiger partial charge on any atom is -0.315 e. The first-order chi connectivity index (χ1) is 8.24. The van der Waals surface area contributed by atoms with Crippen molar-refractivity contribution >= 4 is 0 Å². The van der Waals surface area contributed by atoms with Gasteiger partial charge in [0.15, 0.2) is 0 Å². The molecule has 1 saturated carbocycles. The second kappa shape index (κ2) is 6.20. The Hall–Kier alpha value is -0.830. The third kappa shape index (κ3) is 4.15. The maximum absolute atomic E-state index is 4.29. The van der Waals surface area contributed by atoms with E-state index >= 15 is 0 Å². The monoisotopic (exact) mass is 235 g/mol. The second-order valence-corrected chi connectivity index (χ2v) is 5.61. The lowest BCUT2D eigenvalue weighted by Gasteiger charge is -2.26. The van der Waals surface area contributed by atoms with E-state index in [4.69, 9.17) is 0 Å². The van der Waals surface area contributed by atoms with Crippen LogP contribution in [0.15, 0.2) is 12.4 Å². The van der Waals surface area contributed by atoms with E-state index in [9.17, 15) is 0 Å². The third-order valence-corrected chi connectivity index (χ3v) is 3.85. The summed E-state index contributed by atoms with van der Waals surface area (Å²) in [4.78, 5) is 0. The Morgan fingerprint density at radius 2 is 2.12 bits per heavy atom. The Morgan fingerprint density at radius 1 is 1.35 bits per heavy atom. The first-order valence-electron chi connectivity index (χ1n) is 6.94. The van der Waals surface area contributed by atoms with Crippen LogP contribution in [0, 0.1) is 18.8 Å². The summed E-state index contributed by atoms with van der Waals surface area (Å²) in [5.41, 5.74) is 1.24. The number of nitrogens with one attached hydrogen (secondary N) is 1. The summed E-state index contributed by atoms with van der Waals surface area (Å²) < 4.78 is 2.02. The summed E-state index contributed by atoms with van der Waals surface area (Å²) in [6.45, 7) is 7.67. The summed E-state index contributed by atoms with van der Waals surface area (Å²) in [7, 11) is 0. The van der Waals surface area contributed by atoms with Crippen molar-refractivity contribution in [2.75, 3.05) is 13.1 Å². The molecule has 1 aliphatic rings. The fraction of sp³-hybridized carbons (Fsp3) is 0.786. The molecule has 3 nitrogen and oxygen atoms in total. The molecule has 17 heavy (non-hydrogen) atoms. The van der Waals surface area contributed by atoms with E-state index in [1.165, 1.54) is 37.8 Å². The van der Waals surface area contributed by atoms with Gasteiger partial charge < -0.3 is 5.32 Å². The Kier molecular flexibility index (Phi) is 4.60. The van der Waals surface area contributed by atoms with Crippen LogP contribution in [0.4, 0.5) is 0 Å². The average molecular weight is 235 g/mol. The van der Waals surface area contributed by atoms with E-state index in [2.05, 4.69) is 30.5 Å². The molecule has 0 spiro atoms. The van der Waals surface area contributed by atoms with Gasteiger partial charge in [0.1, 0.15) is 0 Å². The van der Waals surface area contributed by atoms with Crippen molar-refractivity contribution in [1.82, 2.24) is 15.1 Å². The molecule has 1 aliphatic carbocycles. The SMILES string of the molecule is Cc1cnn(CCNCC2CCC(C)CC2)c1. The van der Waals surface area contributed by atoms with E-state index in [0.717, 1.165) is 24.9 Å². The van der Waals surface area contributed by atoms with Gasteiger partial charge in [-0.3, -0.25) is 4.68 Å². The van der Waals surface area contributed by atoms with Crippen molar-refractivity contribution in [2.45, 2.75) is 46.1 Å². The molecular formula is C14H25N3. The molecule has 0 aliphatic heterocycles. The Labute approximate surface area is 105 Å². The summed E-state index contributed by atoms with van der Waals surface area (Å²) in [5, 5.41) is 7.85. The van der Waals surface area contributed by atoms with Gasteiger partial charge in [-0.2, -0.15) is 5.10 Å². The fourth-order valence-corrected chi connectivity index (χ4v) is 2.62. The highest BCUT2D eigenvalue weighted by molar-refractivity contribution is 4.99. The van der Waals surface area contributed by atoms with Crippen LogP contribution in [-0.2, 0) is 6.54 Å². The molecule has 1 heterocycles. The van der Waals surface area contributed by atoms with Crippen LogP contribution < -0.4 is 5.32 Å². The van der Waals surface area contributed by atoms with Crippen LogP contribution in [-0.4, -0.2) is 22.9 Å². The zero-order valence-corrected chi connectivity index (χ0v) is 11.2. The number of aromatic nitrogens is 2. The molecule has 1 aromatic rings. The minimum absolute atomic E-state index is 0.908. The van der Waals surface area contributed by atoms with E-state index in [-0.39, 0.29) is 0 Å². The van der Waals surface area contributed by atoms with Gasteiger partial charge in [0.2, 0.25) is 0 Å². The van der Waals surface area contributed by atoms with Gasteiger partial charge in [-0.1, -0.05) is 19.8 Å². The van der Waals surface area contributed by atoms with Crippen molar-refractivity contribution in [3.05, 3.63) is 18.0 Å². The zero-order valence-electron chi connectivity index (χ0n) is 11.2. The normalized spacial score (nSPS) is 25.1. The van der Waals surface area contributed by atoms with Gasteiger partial charge in [0.05, 0.1) is 12.7 Å². The average Bonchev–Trinajstić information content (AvgIpc) is 2.73. The van der Waals surface area contributed by atoms with Crippen LogP contribution >= 0.6 is 0 Å². The van der Waals surface area contributed by atoms with Crippen molar-refractivity contribution in [1.29, 1.82) is 0 Å². The Balaban J connectivity index is 1.57. The topological polar surface area (TPSA) is 29.9 Å². The highest BCUT2D eigenvalue weighted by Crippen LogP contribution is 2.27. The lowest BCUT2D eigenvalue weighted by atomic mass is 9.83. The van der Waals surface area contributed by atoms with E-state index < -0.39 is 0 Å². The molecule has 0 bridgehead atoms. The quantitative estimate of drug-likeness (QED) is 0.795. The highest BCUT2D eigenvalue weighted by atomic mass is 15.3. The molecule has 0 saturated heterocycles. The number of aryl methyl sites for hydroxylation is 1. The molecular weight excluding hydrogens is 210 g/mol. The Bertz CT molecular complexity index is 324. The van der Waals surface area contributed by atoms with Crippen molar-refractivity contribution in [3.63, 3.8) is 0 Å². The van der Waals surface area contributed by atoms with Crippen LogP contribution in [0.5, 0.6) is 0 Å². The number of nitrogens with zero attached hydrogens (tertiary/aromatic N) is 2. The number of hydrogen-bond acceptors (Lipinski definition) is 2. The van der Waals surface area contributed by atoms with Crippen molar-refractivity contribution in [3.8, 4) is 0 Å². The molecule has 1 aromatic heterocycles. The molecule has 0 radical (unpaired) electrons. The van der Waals surface area contributed by atoms with Crippen LogP contribution in [0.1, 0.15) is 38.2 Å². The zero-order chi connectivity index (χ0) is 12.1.